The Hall–Kier alpha value is -3.39. The van der Waals surface area contributed by atoms with E-state index in [1.165, 1.54) is 6.08 Å². The van der Waals surface area contributed by atoms with Crippen LogP contribution in [0.5, 0.6) is 0 Å². The number of nitrogens with two attached hydrogens (primary N) is 1. The molecular formula is C35H54N2O6. The number of carbonyl (C=O) groups is 3. The van der Waals surface area contributed by atoms with Crippen LogP contribution in [0, 0.1) is 5.92 Å². The average molecular weight is 599 g/mol. The first kappa shape index (κ1) is 37.6. The first-order chi connectivity index (χ1) is 20.5. The zero-order valence-corrected chi connectivity index (χ0v) is 26.8. The number of rotatable bonds is 6. The third-order valence-electron chi connectivity index (χ3n) is 7.03. The van der Waals surface area contributed by atoms with Gasteiger partial charge in [0.05, 0.1) is 0 Å². The molecule has 1 heterocycles. The summed E-state index contributed by atoms with van der Waals surface area (Å²) in [6.07, 6.45) is 22.5. The number of amides is 2. The summed E-state index contributed by atoms with van der Waals surface area (Å²) in [6.45, 7) is 9.71. The number of aliphatic hydroxyl groups excluding tert-OH is 1. The lowest BCUT2D eigenvalue weighted by molar-refractivity contribution is -0.150. The molecule has 0 unspecified atom stereocenters. The standard InChI is InChI=1S/C35H54N2O6/c1-26(2)23-33(39)37-22-21-28(4)24-29(5)32-25-27(3)17-13-12-15-19-31(43-35(36)41)30(38)18-14-10-8-6-7-9-11-16-20-34(40)42-32/h12-14,17-18,21-24,29-32,38H,6-11,15-16,19-20,25H2,1-5H3,(H2,36,41)(H,37,39)/b13-12+,18-14+,22-21+,27-17+,28-24+/t29-,30+,31+,32-/m1/s1. The van der Waals surface area contributed by atoms with Crippen LogP contribution >= 0.6 is 0 Å². The first-order valence-corrected chi connectivity index (χ1v) is 15.6. The lowest BCUT2D eigenvalue weighted by Gasteiger charge is -2.23. The van der Waals surface area contributed by atoms with E-state index < -0.39 is 18.3 Å². The minimum atomic E-state index is -0.909. The zero-order chi connectivity index (χ0) is 32.0. The maximum atomic E-state index is 12.8. The third kappa shape index (κ3) is 19.4. The third-order valence-corrected chi connectivity index (χ3v) is 7.03. The number of cyclic esters (lactones) is 1. The van der Waals surface area contributed by atoms with Crippen LogP contribution in [0.25, 0.3) is 0 Å². The molecule has 0 aromatic heterocycles. The van der Waals surface area contributed by atoms with E-state index in [0.29, 0.717) is 25.7 Å². The number of hydrogen-bond acceptors (Lipinski definition) is 6. The van der Waals surface area contributed by atoms with Gasteiger partial charge in [-0.15, -0.1) is 0 Å². The van der Waals surface area contributed by atoms with E-state index in [4.69, 9.17) is 15.2 Å². The Morgan fingerprint density at radius 2 is 1.79 bits per heavy atom. The summed E-state index contributed by atoms with van der Waals surface area (Å²) in [5, 5.41) is 13.2. The minimum absolute atomic E-state index is 0.0544. The second-order valence-electron chi connectivity index (χ2n) is 11.6. The fourth-order valence-corrected chi connectivity index (χ4v) is 4.72. The van der Waals surface area contributed by atoms with E-state index in [1.807, 2.05) is 71.1 Å². The maximum absolute atomic E-state index is 12.8. The van der Waals surface area contributed by atoms with Gasteiger partial charge in [0.15, 0.2) is 0 Å². The van der Waals surface area contributed by atoms with Crippen molar-refractivity contribution in [1.29, 1.82) is 0 Å². The summed E-state index contributed by atoms with van der Waals surface area (Å²) in [5.41, 5.74) is 8.15. The van der Waals surface area contributed by atoms with Crippen LogP contribution < -0.4 is 11.1 Å². The number of allylic oxidation sites excluding steroid dienone is 7. The monoisotopic (exact) mass is 598 g/mol. The molecule has 0 aromatic rings. The molecule has 0 radical (unpaired) electrons. The van der Waals surface area contributed by atoms with Crippen molar-refractivity contribution in [2.24, 2.45) is 11.7 Å². The molecule has 0 aliphatic carbocycles. The fraction of sp³-hybridized carbons (Fsp3) is 0.571. The second-order valence-corrected chi connectivity index (χ2v) is 11.6. The van der Waals surface area contributed by atoms with Crippen molar-refractivity contribution in [3.8, 4) is 0 Å². The van der Waals surface area contributed by atoms with Crippen molar-refractivity contribution in [2.45, 2.75) is 124 Å². The summed E-state index contributed by atoms with van der Waals surface area (Å²) < 4.78 is 11.2. The summed E-state index contributed by atoms with van der Waals surface area (Å²) in [6, 6.07) is 0. The van der Waals surface area contributed by atoms with Crippen LogP contribution in [0.3, 0.4) is 0 Å². The minimum Gasteiger partial charge on any atom is -0.461 e. The highest BCUT2D eigenvalue weighted by molar-refractivity contribution is 5.88. The van der Waals surface area contributed by atoms with Crippen molar-refractivity contribution in [2.75, 3.05) is 0 Å². The highest BCUT2D eigenvalue weighted by Gasteiger charge is 2.21. The van der Waals surface area contributed by atoms with Gasteiger partial charge < -0.3 is 25.6 Å². The number of carbonyl (C=O) groups excluding carboxylic acids is 3. The number of aliphatic hydroxyl groups is 1. The molecule has 0 spiro atoms. The lowest BCUT2D eigenvalue weighted by Crippen LogP contribution is -2.32. The Labute approximate surface area is 258 Å². The van der Waals surface area contributed by atoms with Gasteiger partial charge in [-0.05, 0) is 65.9 Å². The predicted molar refractivity (Wildman–Crippen MR) is 173 cm³/mol. The van der Waals surface area contributed by atoms with Crippen molar-refractivity contribution >= 4 is 18.0 Å². The number of nitrogens with one attached hydrogen (secondary N) is 1. The largest absolute Gasteiger partial charge is 0.461 e. The van der Waals surface area contributed by atoms with Gasteiger partial charge in [-0.25, -0.2) is 4.79 Å². The Morgan fingerprint density at radius 1 is 1.09 bits per heavy atom. The Balaban J connectivity index is 3.02. The van der Waals surface area contributed by atoms with Crippen molar-refractivity contribution in [3.05, 3.63) is 71.5 Å². The van der Waals surface area contributed by atoms with Crippen LogP contribution in [-0.4, -0.2) is 41.4 Å². The number of primary amides is 1. The molecule has 8 heteroatoms. The van der Waals surface area contributed by atoms with Gasteiger partial charge in [0.2, 0.25) is 5.91 Å². The molecule has 1 aliphatic heterocycles. The van der Waals surface area contributed by atoms with Crippen molar-refractivity contribution in [3.63, 3.8) is 0 Å². The summed E-state index contributed by atoms with van der Waals surface area (Å²) >= 11 is 0. The van der Waals surface area contributed by atoms with E-state index in [0.717, 1.165) is 61.7 Å². The lowest BCUT2D eigenvalue weighted by atomic mass is 9.95. The van der Waals surface area contributed by atoms with Crippen LogP contribution in [0.15, 0.2) is 71.5 Å². The van der Waals surface area contributed by atoms with E-state index in [9.17, 15) is 19.5 Å². The van der Waals surface area contributed by atoms with Crippen LogP contribution in [0.4, 0.5) is 4.79 Å². The molecule has 240 valence electrons. The highest BCUT2D eigenvalue weighted by Crippen LogP contribution is 2.21. The molecule has 0 bridgehead atoms. The van der Waals surface area contributed by atoms with Crippen LogP contribution in [0.1, 0.15) is 105 Å². The Morgan fingerprint density at radius 3 is 2.49 bits per heavy atom. The first-order valence-electron chi connectivity index (χ1n) is 15.6. The summed E-state index contributed by atoms with van der Waals surface area (Å²) in [4.78, 5) is 36.0. The molecule has 1 rings (SSSR count). The van der Waals surface area contributed by atoms with E-state index in [1.54, 1.807) is 12.3 Å². The van der Waals surface area contributed by atoms with Crippen molar-refractivity contribution in [1.82, 2.24) is 5.32 Å². The molecular weight excluding hydrogens is 544 g/mol. The average Bonchev–Trinajstić information content (AvgIpc) is 2.91. The van der Waals surface area contributed by atoms with Gasteiger partial charge in [0, 0.05) is 31.0 Å². The number of hydrogen-bond donors (Lipinski definition) is 3. The molecule has 2 amide bonds. The van der Waals surface area contributed by atoms with Gasteiger partial charge >= 0.3 is 12.1 Å². The van der Waals surface area contributed by atoms with Crippen LogP contribution in [-0.2, 0) is 19.1 Å². The molecule has 8 nitrogen and oxygen atoms in total. The Bertz CT molecular complexity index is 1050. The van der Waals surface area contributed by atoms with E-state index in [-0.39, 0.29) is 23.9 Å². The number of esters is 1. The maximum Gasteiger partial charge on any atom is 0.404 e. The summed E-state index contributed by atoms with van der Waals surface area (Å²) in [7, 11) is 0. The predicted octanol–water partition coefficient (Wildman–Crippen LogP) is 7.26. The number of ether oxygens (including phenoxy) is 2. The SMILES string of the molecule is CC(C)=CC(=O)N/C=C/C(C)=C/[C@@H](C)[C@H]1C/C(C)=C/C=C/CC[C@H](OC(N)=O)[C@@H](O)/C=C/CCCCCCCCC(=O)O1. The van der Waals surface area contributed by atoms with E-state index in [2.05, 4.69) is 5.32 Å². The Kier molecular flexibility index (Phi) is 19.4. The van der Waals surface area contributed by atoms with E-state index >= 15 is 0 Å². The summed E-state index contributed by atoms with van der Waals surface area (Å²) in [5.74, 6) is -0.409. The molecule has 0 saturated carbocycles. The second kappa shape index (κ2) is 22.2. The quantitative estimate of drug-likeness (QED) is 0.128. The highest BCUT2D eigenvalue weighted by atomic mass is 16.6. The van der Waals surface area contributed by atoms with Gasteiger partial charge in [-0.3, -0.25) is 9.59 Å². The normalized spacial score (nSPS) is 25.9. The smallest absolute Gasteiger partial charge is 0.404 e. The molecule has 0 aromatic carbocycles. The molecule has 4 atom stereocenters. The molecule has 0 saturated heterocycles. The van der Waals surface area contributed by atoms with Crippen LogP contribution in [0.2, 0.25) is 0 Å². The van der Waals surface area contributed by atoms with Crippen molar-refractivity contribution < 1.29 is 29.0 Å². The van der Waals surface area contributed by atoms with Gasteiger partial charge in [-0.2, -0.15) is 0 Å². The zero-order valence-electron chi connectivity index (χ0n) is 26.8. The molecule has 1 aliphatic rings. The molecule has 4 N–H and O–H groups in total. The topological polar surface area (TPSA) is 128 Å². The van der Waals surface area contributed by atoms with Gasteiger partial charge in [0.25, 0.3) is 0 Å². The van der Waals surface area contributed by atoms with Gasteiger partial charge in [0.1, 0.15) is 18.3 Å². The molecule has 0 fully saturated rings. The molecule has 43 heavy (non-hydrogen) atoms. The van der Waals surface area contributed by atoms with Gasteiger partial charge in [-0.1, -0.05) is 85.8 Å². The fourth-order valence-electron chi connectivity index (χ4n) is 4.72.